The zero-order valence-electron chi connectivity index (χ0n) is 9.33. The first-order chi connectivity index (χ1) is 8.15. The van der Waals surface area contributed by atoms with Crippen LogP contribution in [0.2, 0.25) is 5.02 Å². The van der Waals surface area contributed by atoms with Crippen LogP contribution in [-0.2, 0) is 6.42 Å². The third-order valence-electron chi connectivity index (χ3n) is 2.92. The molecule has 0 amide bonds. The molecule has 3 rings (SSSR count). The van der Waals surface area contributed by atoms with Gasteiger partial charge in [-0.05, 0) is 24.6 Å². The molecular formula is C12H12ClN3O. The SMILES string of the molecule is CC1Cc2cc(Cl)cc(-c3cn[nH]c3N)c2O1. The van der Waals surface area contributed by atoms with Crippen molar-refractivity contribution in [2.24, 2.45) is 0 Å². The van der Waals surface area contributed by atoms with Crippen molar-refractivity contribution in [3.05, 3.63) is 28.9 Å². The zero-order valence-corrected chi connectivity index (χ0v) is 10.1. The monoisotopic (exact) mass is 249 g/mol. The molecule has 0 saturated carbocycles. The minimum atomic E-state index is 0.176. The van der Waals surface area contributed by atoms with Crippen LogP contribution in [0.15, 0.2) is 18.3 Å². The summed E-state index contributed by atoms with van der Waals surface area (Å²) < 4.78 is 5.82. The van der Waals surface area contributed by atoms with Crippen LogP contribution >= 0.6 is 11.6 Å². The Morgan fingerprint density at radius 2 is 2.29 bits per heavy atom. The summed E-state index contributed by atoms with van der Waals surface area (Å²) in [5.74, 6) is 1.40. The standard InChI is InChI=1S/C12H12ClN3O/c1-6-2-7-3-8(13)4-9(11(7)17-6)10-5-15-16-12(10)14/h3-6H,2H2,1H3,(H3,14,15,16). The summed E-state index contributed by atoms with van der Waals surface area (Å²) in [6.07, 6.45) is 2.74. The number of nitrogen functional groups attached to an aromatic ring is 1. The van der Waals surface area contributed by atoms with Crippen molar-refractivity contribution in [1.82, 2.24) is 10.2 Å². The average Bonchev–Trinajstić information content (AvgIpc) is 2.82. The van der Waals surface area contributed by atoms with E-state index in [1.54, 1.807) is 6.20 Å². The molecule has 0 radical (unpaired) electrons. The van der Waals surface area contributed by atoms with Crippen LogP contribution in [0.5, 0.6) is 5.75 Å². The fourth-order valence-corrected chi connectivity index (χ4v) is 2.45. The molecule has 1 aliphatic heterocycles. The second-order valence-corrected chi connectivity index (χ2v) is 4.71. The van der Waals surface area contributed by atoms with E-state index in [0.29, 0.717) is 10.8 Å². The van der Waals surface area contributed by atoms with Crippen LogP contribution in [-0.4, -0.2) is 16.3 Å². The van der Waals surface area contributed by atoms with Gasteiger partial charge in [0.15, 0.2) is 0 Å². The van der Waals surface area contributed by atoms with Crippen molar-refractivity contribution in [1.29, 1.82) is 0 Å². The summed E-state index contributed by atoms with van der Waals surface area (Å²) in [6, 6.07) is 3.81. The molecular weight excluding hydrogens is 238 g/mol. The van der Waals surface area contributed by atoms with Crippen LogP contribution in [0, 0.1) is 0 Å². The maximum absolute atomic E-state index is 6.12. The van der Waals surface area contributed by atoms with Gasteiger partial charge in [0, 0.05) is 22.6 Å². The van der Waals surface area contributed by atoms with Gasteiger partial charge in [0.05, 0.1) is 6.20 Å². The van der Waals surface area contributed by atoms with E-state index in [9.17, 15) is 0 Å². The number of aromatic amines is 1. The van der Waals surface area contributed by atoms with E-state index >= 15 is 0 Å². The minimum absolute atomic E-state index is 0.176. The van der Waals surface area contributed by atoms with Gasteiger partial charge in [-0.15, -0.1) is 0 Å². The number of H-pyrrole nitrogens is 1. The molecule has 2 aromatic rings. The van der Waals surface area contributed by atoms with E-state index in [2.05, 4.69) is 10.2 Å². The van der Waals surface area contributed by atoms with Crippen LogP contribution in [0.4, 0.5) is 5.82 Å². The van der Waals surface area contributed by atoms with Gasteiger partial charge in [0.1, 0.15) is 17.7 Å². The number of fused-ring (bicyclic) bond motifs is 1. The Labute approximate surface area is 104 Å². The Balaban J connectivity index is 2.21. The smallest absolute Gasteiger partial charge is 0.131 e. The Hall–Kier alpha value is -1.68. The van der Waals surface area contributed by atoms with Gasteiger partial charge >= 0.3 is 0 Å². The van der Waals surface area contributed by atoms with E-state index in [1.165, 1.54) is 0 Å². The number of nitrogens with one attached hydrogen (secondary N) is 1. The number of halogens is 1. The number of hydrogen-bond donors (Lipinski definition) is 2. The number of benzene rings is 1. The van der Waals surface area contributed by atoms with Gasteiger partial charge < -0.3 is 10.5 Å². The molecule has 17 heavy (non-hydrogen) atoms. The minimum Gasteiger partial charge on any atom is -0.489 e. The zero-order chi connectivity index (χ0) is 12.0. The molecule has 0 spiro atoms. The molecule has 0 aliphatic carbocycles. The van der Waals surface area contributed by atoms with Gasteiger partial charge in [0.25, 0.3) is 0 Å². The highest BCUT2D eigenvalue weighted by Crippen LogP contribution is 2.42. The number of anilines is 1. The van der Waals surface area contributed by atoms with E-state index in [4.69, 9.17) is 22.1 Å². The number of aromatic nitrogens is 2. The van der Waals surface area contributed by atoms with Crippen molar-refractivity contribution in [3.8, 4) is 16.9 Å². The van der Waals surface area contributed by atoms with Gasteiger partial charge in [-0.1, -0.05) is 11.6 Å². The summed E-state index contributed by atoms with van der Waals surface area (Å²) >= 11 is 6.12. The van der Waals surface area contributed by atoms with Gasteiger partial charge in [-0.3, -0.25) is 5.10 Å². The topological polar surface area (TPSA) is 63.9 Å². The highest BCUT2D eigenvalue weighted by atomic mass is 35.5. The molecule has 3 N–H and O–H groups in total. The van der Waals surface area contributed by atoms with Crippen LogP contribution in [0.1, 0.15) is 12.5 Å². The molecule has 0 bridgehead atoms. The number of nitrogens with two attached hydrogens (primary N) is 1. The Bertz CT molecular complexity index is 579. The van der Waals surface area contributed by atoms with Crippen LogP contribution in [0.25, 0.3) is 11.1 Å². The van der Waals surface area contributed by atoms with Gasteiger partial charge in [-0.25, -0.2) is 0 Å². The number of ether oxygens (including phenoxy) is 1. The molecule has 88 valence electrons. The van der Waals surface area contributed by atoms with Crippen molar-refractivity contribution < 1.29 is 4.74 Å². The first-order valence-electron chi connectivity index (χ1n) is 5.43. The second kappa shape index (κ2) is 3.67. The maximum Gasteiger partial charge on any atom is 0.131 e. The lowest BCUT2D eigenvalue weighted by molar-refractivity contribution is 0.255. The highest BCUT2D eigenvalue weighted by molar-refractivity contribution is 6.31. The van der Waals surface area contributed by atoms with E-state index in [0.717, 1.165) is 28.9 Å². The molecule has 1 aromatic carbocycles. The summed E-state index contributed by atoms with van der Waals surface area (Å²) in [5.41, 5.74) is 8.70. The Morgan fingerprint density at radius 1 is 1.47 bits per heavy atom. The second-order valence-electron chi connectivity index (χ2n) is 4.27. The third-order valence-corrected chi connectivity index (χ3v) is 3.13. The highest BCUT2D eigenvalue weighted by Gasteiger charge is 2.24. The largest absolute Gasteiger partial charge is 0.489 e. The fourth-order valence-electron chi connectivity index (χ4n) is 2.20. The number of rotatable bonds is 1. The summed E-state index contributed by atoms with van der Waals surface area (Å²) in [4.78, 5) is 0. The molecule has 2 heterocycles. The molecule has 4 nitrogen and oxygen atoms in total. The first-order valence-corrected chi connectivity index (χ1v) is 5.81. The lowest BCUT2D eigenvalue weighted by Crippen LogP contribution is -2.05. The van der Waals surface area contributed by atoms with Crippen LogP contribution < -0.4 is 10.5 Å². The quantitative estimate of drug-likeness (QED) is 0.817. The third kappa shape index (κ3) is 1.65. The van der Waals surface area contributed by atoms with Gasteiger partial charge in [0.2, 0.25) is 0 Å². The normalized spacial score (nSPS) is 17.9. The van der Waals surface area contributed by atoms with Crippen molar-refractivity contribution >= 4 is 17.4 Å². The first kappa shape index (κ1) is 10.5. The average molecular weight is 250 g/mol. The summed E-state index contributed by atoms with van der Waals surface area (Å²) in [6.45, 7) is 2.04. The molecule has 1 aromatic heterocycles. The molecule has 1 aliphatic rings. The van der Waals surface area contributed by atoms with E-state index in [1.807, 2.05) is 19.1 Å². The maximum atomic E-state index is 6.12. The lowest BCUT2D eigenvalue weighted by atomic mass is 10.0. The van der Waals surface area contributed by atoms with E-state index < -0.39 is 0 Å². The molecule has 1 atom stereocenters. The number of hydrogen-bond acceptors (Lipinski definition) is 3. The number of nitrogens with zero attached hydrogens (tertiary/aromatic N) is 1. The predicted molar refractivity (Wildman–Crippen MR) is 67.2 cm³/mol. The Morgan fingerprint density at radius 3 is 3.00 bits per heavy atom. The van der Waals surface area contributed by atoms with Crippen molar-refractivity contribution in [2.75, 3.05) is 5.73 Å². The lowest BCUT2D eigenvalue weighted by Gasteiger charge is -2.09. The molecule has 0 saturated heterocycles. The van der Waals surface area contributed by atoms with Crippen LogP contribution in [0.3, 0.4) is 0 Å². The van der Waals surface area contributed by atoms with Gasteiger partial charge in [-0.2, -0.15) is 5.10 Å². The molecule has 5 heteroatoms. The van der Waals surface area contributed by atoms with Crippen molar-refractivity contribution in [3.63, 3.8) is 0 Å². The molecule has 0 fully saturated rings. The summed E-state index contributed by atoms with van der Waals surface area (Å²) in [5, 5.41) is 7.33. The predicted octanol–water partition coefficient (Wildman–Crippen LogP) is 2.64. The molecule has 1 unspecified atom stereocenters. The Kier molecular flexibility index (Phi) is 2.26. The fraction of sp³-hybridized carbons (Fsp3) is 0.250. The van der Waals surface area contributed by atoms with Crippen molar-refractivity contribution in [2.45, 2.75) is 19.4 Å². The van der Waals surface area contributed by atoms with E-state index in [-0.39, 0.29) is 6.10 Å². The summed E-state index contributed by atoms with van der Waals surface area (Å²) in [7, 11) is 0.